The highest BCUT2D eigenvalue weighted by Crippen LogP contribution is 2.16. The number of nitrogens with zero attached hydrogens (tertiary/aromatic N) is 2. The first-order chi connectivity index (χ1) is 9.88. The van der Waals surface area contributed by atoms with Crippen molar-refractivity contribution in [2.45, 2.75) is 26.3 Å². The van der Waals surface area contributed by atoms with E-state index in [2.05, 4.69) is 29.0 Å². The van der Waals surface area contributed by atoms with E-state index < -0.39 is 0 Å². The van der Waals surface area contributed by atoms with Crippen LogP contribution in [0.3, 0.4) is 0 Å². The number of ether oxygens (including phenoxy) is 1. The first-order valence-corrected chi connectivity index (χ1v) is 7.51. The second-order valence-electron chi connectivity index (χ2n) is 5.91. The van der Waals surface area contributed by atoms with E-state index in [9.17, 15) is 4.79 Å². The van der Waals surface area contributed by atoms with Crippen molar-refractivity contribution in [3.63, 3.8) is 0 Å². The maximum atomic E-state index is 12.2. The molecule has 0 atom stereocenters. The van der Waals surface area contributed by atoms with E-state index >= 15 is 0 Å². The predicted octanol–water partition coefficient (Wildman–Crippen LogP) is 1.88. The fraction of sp³-hybridized carbons (Fsp3) is 0.600. The Morgan fingerprint density at radius 1 is 1.43 bits per heavy atom. The number of pyridine rings is 1. The molecule has 1 aliphatic heterocycles. The number of aryl methyl sites for hydroxylation is 1. The van der Waals surface area contributed by atoms with E-state index in [-0.39, 0.29) is 11.4 Å². The highest BCUT2D eigenvalue weighted by molar-refractivity contribution is 6.29. The Balaban J connectivity index is 1.96. The molecule has 1 aromatic heterocycles. The quantitative estimate of drug-likeness (QED) is 0.863. The number of carbonyl (C=O) groups is 1. The molecule has 1 N–H and O–H groups in total. The van der Waals surface area contributed by atoms with Crippen LogP contribution in [0.2, 0.25) is 5.15 Å². The van der Waals surface area contributed by atoms with Crippen LogP contribution in [0.4, 0.5) is 0 Å². The Morgan fingerprint density at radius 3 is 2.71 bits per heavy atom. The van der Waals surface area contributed by atoms with Crippen LogP contribution in [-0.4, -0.2) is 54.2 Å². The molecule has 5 nitrogen and oxygen atoms in total. The molecule has 1 saturated heterocycles. The van der Waals surface area contributed by atoms with Gasteiger partial charge in [-0.3, -0.25) is 9.69 Å². The van der Waals surface area contributed by atoms with Gasteiger partial charge >= 0.3 is 0 Å². The molecule has 0 radical (unpaired) electrons. The lowest BCUT2D eigenvalue weighted by Gasteiger charge is -2.40. The van der Waals surface area contributed by atoms with Crippen LogP contribution in [0.15, 0.2) is 12.1 Å². The van der Waals surface area contributed by atoms with Crippen molar-refractivity contribution in [2.75, 3.05) is 32.8 Å². The van der Waals surface area contributed by atoms with Crippen molar-refractivity contribution in [3.05, 3.63) is 28.5 Å². The maximum Gasteiger partial charge on any atom is 0.251 e. The van der Waals surface area contributed by atoms with Crippen LogP contribution >= 0.6 is 11.6 Å². The first kappa shape index (κ1) is 16.2. The predicted molar refractivity (Wildman–Crippen MR) is 82.8 cm³/mol. The Hall–Kier alpha value is -1.17. The average molecular weight is 312 g/mol. The monoisotopic (exact) mass is 311 g/mol. The van der Waals surface area contributed by atoms with Gasteiger partial charge in [-0.05, 0) is 32.9 Å². The average Bonchev–Trinajstić information content (AvgIpc) is 2.45. The molecule has 1 amide bonds. The zero-order valence-corrected chi connectivity index (χ0v) is 13.5. The SMILES string of the molecule is Cc1cc(C(=O)NCC(C)(C)N2CCOCC2)cc(Cl)n1. The van der Waals surface area contributed by atoms with Gasteiger partial charge in [-0.15, -0.1) is 0 Å². The van der Waals surface area contributed by atoms with Gasteiger partial charge in [-0.25, -0.2) is 4.98 Å². The van der Waals surface area contributed by atoms with E-state index in [1.165, 1.54) is 0 Å². The minimum Gasteiger partial charge on any atom is -0.379 e. The van der Waals surface area contributed by atoms with Crippen molar-refractivity contribution in [1.29, 1.82) is 0 Å². The Morgan fingerprint density at radius 2 is 2.10 bits per heavy atom. The summed E-state index contributed by atoms with van der Waals surface area (Å²) >= 11 is 5.89. The number of nitrogens with one attached hydrogen (secondary N) is 1. The van der Waals surface area contributed by atoms with Gasteiger partial charge in [0.15, 0.2) is 0 Å². The Bertz CT molecular complexity index is 493. The van der Waals surface area contributed by atoms with Crippen LogP contribution in [0.5, 0.6) is 0 Å². The summed E-state index contributed by atoms with van der Waals surface area (Å²) in [6, 6.07) is 3.33. The third-order valence-electron chi connectivity index (χ3n) is 3.73. The lowest BCUT2D eigenvalue weighted by Crippen LogP contribution is -2.55. The van der Waals surface area contributed by atoms with Crippen molar-refractivity contribution >= 4 is 17.5 Å². The van der Waals surface area contributed by atoms with E-state index in [1.54, 1.807) is 12.1 Å². The molecule has 116 valence electrons. The molecule has 2 rings (SSSR count). The third kappa shape index (κ3) is 4.40. The molecule has 1 aliphatic rings. The van der Waals surface area contributed by atoms with Crippen molar-refractivity contribution < 1.29 is 9.53 Å². The zero-order valence-electron chi connectivity index (χ0n) is 12.8. The molecule has 0 unspecified atom stereocenters. The van der Waals surface area contributed by atoms with Crippen molar-refractivity contribution in [2.24, 2.45) is 0 Å². The van der Waals surface area contributed by atoms with Gasteiger partial charge in [0.1, 0.15) is 5.15 Å². The highest BCUT2D eigenvalue weighted by atomic mass is 35.5. The number of rotatable bonds is 4. The van der Waals surface area contributed by atoms with Gasteiger partial charge in [0.05, 0.1) is 13.2 Å². The lowest BCUT2D eigenvalue weighted by molar-refractivity contribution is -0.00923. The van der Waals surface area contributed by atoms with Crippen LogP contribution in [-0.2, 0) is 4.74 Å². The summed E-state index contributed by atoms with van der Waals surface area (Å²) in [6.45, 7) is 9.93. The molecule has 2 heterocycles. The molecular formula is C15H22ClN3O2. The zero-order chi connectivity index (χ0) is 15.5. The number of hydrogen-bond acceptors (Lipinski definition) is 4. The largest absolute Gasteiger partial charge is 0.379 e. The standard InChI is InChI=1S/C15H22ClN3O2/c1-11-8-12(9-13(16)18-11)14(20)17-10-15(2,3)19-4-6-21-7-5-19/h8-9H,4-7,10H2,1-3H3,(H,17,20). The molecule has 21 heavy (non-hydrogen) atoms. The Kier molecular flexibility index (Phi) is 5.19. The molecule has 0 bridgehead atoms. The topological polar surface area (TPSA) is 54.5 Å². The van der Waals surface area contributed by atoms with Crippen LogP contribution < -0.4 is 5.32 Å². The molecule has 1 fully saturated rings. The van der Waals surface area contributed by atoms with E-state index in [4.69, 9.17) is 16.3 Å². The minimum absolute atomic E-state index is 0.106. The van der Waals surface area contributed by atoms with Gasteiger partial charge in [-0.2, -0.15) is 0 Å². The van der Waals surface area contributed by atoms with Crippen LogP contribution in [0.25, 0.3) is 0 Å². The lowest BCUT2D eigenvalue weighted by atomic mass is 10.0. The van der Waals surface area contributed by atoms with Crippen LogP contribution in [0.1, 0.15) is 29.9 Å². The molecule has 1 aromatic rings. The second-order valence-corrected chi connectivity index (χ2v) is 6.30. The van der Waals surface area contributed by atoms with Crippen LogP contribution in [0, 0.1) is 6.92 Å². The van der Waals surface area contributed by atoms with Gasteiger partial charge in [-0.1, -0.05) is 11.6 Å². The van der Waals surface area contributed by atoms with Gasteiger partial charge < -0.3 is 10.1 Å². The van der Waals surface area contributed by atoms with Gasteiger partial charge in [0, 0.05) is 36.4 Å². The van der Waals surface area contributed by atoms with E-state index in [1.807, 2.05) is 6.92 Å². The highest BCUT2D eigenvalue weighted by Gasteiger charge is 2.28. The molecule has 6 heteroatoms. The molecule has 0 aliphatic carbocycles. The van der Waals surface area contributed by atoms with E-state index in [0.717, 1.165) is 32.0 Å². The number of aromatic nitrogens is 1. The Labute approximate surface area is 130 Å². The third-order valence-corrected chi connectivity index (χ3v) is 3.93. The summed E-state index contributed by atoms with van der Waals surface area (Å²) < 4.78 is 5.37. The maximum absolute atomic E-state index is 12.2. The van der Waals surface area contributed by atoms with Gasteiger partial charge in [0.2, 0.25) is 0 Å². The van der Waals surface area contributed by atoms with E-state index in [0.29, 0.717) is 17.3 Å². The summed E-state index contributed by atoms with van der Waals surface area (Å²) in [5.41, 5.74) is 1.18. The molecule has 0 saturated carbocycles. The summed E-state index contributed by atoms with van der Waals surface area (Å²) in [5, 5.41) is 3.32. The number of halogens is 1. The fourth-order valence-corrected chi connectivity index (χ4v) is 2.69. The molecule has 0 aromatic carbocycles. The first-order valence-electron chi connectivity index (χ1n) is 7.14. The fourth-order valence-electron chi connectivity index (χ4n) is 2.44. The number of morpholine rings is 1. The second kappa shape index (κ2) is 6.73. The molecular weight excluding hydrogens is 290 g/mol. The van der Waals surface area contributed by atoms with Gasteiger partial charge in [0.25, 0.3) is 5.91 Å². The summed E-state index contributed by atoms with van der Waals surface area (Å²) in [6.07, 6.45) is 0. The number of carbonyl (C=O) groups excluding carboxylic acids is 1. The normalized spacial score (nSPS) is 16.8. The van der Waals surface area contributed by atoms with Crippen molar-refractivity contribution in [3.8, 4) is 0 Å². The smallest absolute Gasteiger partial charge is 0.251 e. The minimum atomic E-state index is -0.122. The number of hydrogen-bond donors (Lipinski definition) is 1. The van der Waals surface area contributed by atoms with Crippen molar-refractivity contribution in [1.82, 2.24) is 15.2 Å². The summed E-state index contributed by atoms with van der Waals surface area (Å²) in [4.78, 5) is 18.6. The summed E-state index contributed by atoms with van der Waals surface area (Å²) in [7, 11) is 0. The summed E-state index contributed by atoms with van der Waals surface area (Å²) in [5.74, 6) is -0.122. The molecule has 0 spiro atoms. The number of amides is 1.